The Hall–Kier alpha value is -0.340. The van der Waals surface area contributed by atoms with Crippen LogP contribution < -0.4 is 0 Å². The fourth-order valence-corrected chi connectivity index (χ4v) is 1.22. The molecule has 0 spiro atoms. The van der Waals surface area contributed by atoms with Gasteiger partial charge in [0.25, 0.3) is 0 Å². The zero-order chi connectivity index (χ0) is 9.40. The molecule has 0 fully saturated rings. The van der Waals surface area contributed by atoms with Crippen LogP contribution in [0, 0.1) is 5.92 Å². The average Bonchev–Trinajstić information content (AvgIpc) is 2.06. The van der Waals surface area contributed by atoms with Gasteiger partial charge in [-0.25, -0.2) is 0 Å². The van der Waals surface area contributed by atoms with E-state index in [0.717, 1.165) is 24.8 Å². The number of hydrogen-bond acceptors (Lipinski definition) is 2. The van der Waals surface area contributed by atoms with E-state index in [1.165, 1.54) is 0 Å². The van der Waals surface area contributed by atoms with Gasteiger partial charge < -0.3 is 10.2 Å². The van der Waals surface area contributed by atoms with Crippen molar-refractivity contribution < 1.29 is 10.2 Å². The predicted octanol–water partition coefficient (Wildman–Crippen LogP) is 1.72. The molecular formula is C10H20O2. The van der Waals surface area contributed by atoms with Crippen LogP contribution in [0.1, 0.15) is 32.6 Å². The minimum Gasteiger partial charge on any atom is -0.396 e. The number of unbranched alkanes of at least 4 members (excludes halogenated alkanes) is 1. The molecule has 0 aromatic heterocycles. The minimum atomic E-state index is 0.140. The van der Waals surface area contributed by atoms with Crippen LogP contribution in [0.15, 0.2) is 12.2 Å². The summed E-state index contributed by atoms with van der Waals surface area (Å²) >= 11 is 0. The summed E-state index contributed by atoms with van der Waals surface area (Å²) in [6, 6.07) is 0. The van der Waals surface area contributed by atoms with Gasteiger partial charge in [-0.05, 0) is 12.8 Å². The van der Waals surface area contributed by atoms with Crippen molar-refractivity contribution in [3.63, 3.8) is 0 Å². The largest absolute Gasteiger partial charge is 0.396 e. The van der Waals surface area contributed by atoms with Crippen LogP contribution in [-0.2, 0) is 0 Å². The van der Waals surface area contributed by atoms with E-state index in [2.05, 4.69) is 13.5 Å². The van der Waals surface area contributed by atoms with Crippen molar-refractivity contribution in [1.29, 1.82) is 0 Å². The Balaban J connectivity index is 3.71. The molecule has 0 heterocycles. The Morgan fingerprint density at radius 2 is 2.08 bits per heavy atom. The highest BCUT2D eigenvalue weighted by Crippen LogP contribution is 2.18. The first kappa shape index (κ1) is 11.7. The van der Waals surface area contributed by atoms with E-state index in [1.807, 2.05) is 0 Å². The van der Waals surface area contributed by atoms with Gasteiger partial charge in [0.2, 0.25) is 0 Å². The third kappa shape index (κ3) is 4.52. The highest BCUT2D eigenvalue weighted by molar-refractivity contribution is 5.00. The van der Waals surface area contributed by atoms with Crippen molar-refractivity contribution in [2.45, 2.75) is 32.6 Å². The van der Waals surface area contributed by atoms with Crippen molar-refractivity contribution in [3.05, 3.63) is 12.2 Å². The lowest BCUT2D eigenvalue weighted by molar-refractivity contribution is 0.227. The van der Waals surface area contributed by atoms with Gasteiger partial charge in [-0.2, -0.15) is 0 Å². The summed E-state index contributed by atoms with van der Waals surface area (Å²) < 4.78 is 0. The molecule has 0 aliphatic rings. The van der Waals surface area contributed by atoms with Gasteiger partial charge in [0.1, 0.15) is 0 Å². The number of rotatable bonds is 7. The molecule has 0 bridgehead atoms. The Bertz CT molecular complexity index is 121. The van der Waals surface area contributed by atoms with Gasteiger partial charge in [0.15, 0.2) is 0 Å². The normalized spacial score (nSPS) is 12.9. The molecule has 0 aliphatic carbocycles. The molecule has 0 radical (unpaired) electrons. The second-order valence-electron chi connectivity index (χ2n) is 3.15. The second kappa shape index (κ2) is 7.32. The number of aliphatic hydroxyl groups is 2. The molecule has 0 aromatic rings. The smallest absolute Gasteiger partial charge is 0.0496 e. The molecule has 0 aromatic carbocycles. The Labute approximate surface area is 74.9 Å². The molecular weight excluding hydrogens is 152 g/mol. The van der Waals surface area contributed by atoms with Crippen molar-refractivity contribution in [2.24, 2.45) is 5.92 Å². The van der Waals surface area contributed by atoms with Crippen LogP contribution in [0.2, 0.25) is 0 Å². The standard InChI is InChI=1S/C10H20O2/c1-3-4-5-10(8-12)9(2)6-7-11/h10-12H,2-8H2,1H3. The summed E-state index contributed by atoms with van der Waals surface area (Å²) in [6.45, 7) is 6.28. The van der Waals surface area contributed by atoms with Crippen molar-refractivity contribution in [1.82, 2.24) is 0 Å². The van der Waals surface area contributed by atoms with E-state index in [4.69, 9.17) is 10.2 Å². The molecule has 0 amide bonds. The third-order valence-electron chi connectivity index (χ3n) is 2.14. The van der Waals surface area contributed by atoms with Crippen LogP contribution in [0.25, 0.3) is 0 Å². The predicted molar refractivity (Wildman–Crippen MR) is 50.9 cm³/mol. The van der Waals surface area contributed by atoms with Crippen molar-refractivity contribution >= 4 is 0 Å². The average molecular weight is 172 g/mol. The summed E-state index contributed by atoms with van der Waals surface area (Å²) in [5.41, 5.74) is 0.980. The SMILES string of the molecule is C=C(CCO)C(CO)CCCC. The van der Waals surface area contributed by atoms with E-state index >= 15 is 0 Å². The van der Waals surface area contributed by atoms with E-state index in [-0.39, 0.29) is 19.1 Å². The molecule has 2 N–H and O–H groups in total. The first-order valence-corrected chi connectivity index (χ1v) is 4.65. The molecule has 1 unspecified atom stereocenters. The fourth-order valence-electron chi connectivity index (χ4n) is 1.22. The maximum atomic E-state index is 9.01. The molecule has 0 saturated heterocycles. The first-order valence-electron chi connectivity index (χ1n) is 4.65. The second-order valence-corrected chi connectivity index (χ2v) is 3.15. The summed E-state index contributed by atoms with van der Waals surface area (Å²) in [5, 5.41) is 17.7. The molecule has 0 aliphatic heterocycles. The number of aliphatic hydroxyl groups excluding tert-OH is 2. The fraction of sp³-hybridized carbons (Fsp3) is 0.800. The molecule has 1 atom stereocenters. The first-order chi connectivity index (χ1) is 5.76. The van der Waals surface area contributed by atoms with Crippen LogP contribution in [0.4, 0.5) is 0 Å². The van der Waals surface area contributed by atoms with Crippen molar-refractivity contribution in [3.8, 4) is 0 Å². The highest BCUT2D eigenvalue weighted by atomic mass is 16.3. The maximum Gasteiger partial charge on any atom is 0.0496 e. The molecule has 2 nitrogen and oxygen atoms in total. The quantitative estimate of drug-likeness (QED) is 0.574. The molecule has 12 heavy (non-hydrogen) atoms. The van der Waals surface area contributed by atoms with Crippen LogP contribution in [0.5, 0.6) is 0 Å². The summed E-state index contributed by atoms with van der Waals surface area (Å²) in [6.07, 6.45) is 3.87. The summed E-state index contributed by atoms with van der Waals surface area (Å²) in [5.74, 6) is 0.192. The molecule has 0 saturated carbocycles. The molecule has 0 rings (SSSR count). The van der Waals surface area contributed by atoms with E-state index < -0.39 is 0 Å². The van der Waals surface area contributed by atoms with Gasteiger partial charge in [-0.1, -0.05) is 31.9 Å². The van der Waals surface area contributed by atoms with E-state index in [1.54, 1.807) is 0 Å². The zero-order valence-corrected chi connectivity index (χ0v) is 7.92. The lowest BCUT2D eigenvalue weighted by Crippen LogP contribution is -2.09. The highest BCUT2D eigenvalue weighted by Gasteiger charge is 2.09. The minimum absolute atomic E-state index is 0.140. The third-order valence-corrected chi connectivity index (χ3v) is 2.14. The summed E-state index contributed by atoms with van der Waals surface area (Å²) in [4.78, 5) is 0. The topological polar surface area (TPSA) is 40.5 Å². The number of hydrogen-bond donors (Lipinski definition) is 2. The summed E-state index contributed by atoms with van der Waals surface area (Å²) in [7, 11) is 0. The monoisotopic (exact) mass is 172 g/mol. The van der Waals surface area contributed by atoms with Gasteiger partial charge in [-0.15, -0.1) is 0 Å². The zero-order valence-electron chi connectivity index (χ0n) is 7.92. The van der Waals surface area contributed by atoms with Gasteiger partial charge >= 0.3 is 0 Å². The molecule has 72 valence electrons. The van der Waals surface area contributed by atoms with Crippen LogP contribution in [-0.4, -0.2) is 23.4 Å². The molecule has 2 heteroatoms. The lowest BCUT2D eigenvalue weighted by atomic mass is 9.93. The van der Waals surface area contributed by atoms with Gasteiger partial charge in [0, 0.05) is 19.1 Å². The van der Waals surface area contributed by atoms with Crippen LogP contribution >= 0.6 is 0 Å². The van der Waals surface area contributed by atoms with Crippen molar-refractivity contribution in [2.75, 3.05) is 13.2 Å². The van der Waals surface area contributed by atoms with Crippen LogP contribution in [0.3, 0.4) is 0 Å². The maximum absolute atomic E-state index is 9.01. The van der Waals surface area contributed by atoms with E-state index in [0.29, 0.717) is 6.42 Å². The Kier molecular flexibility index (Phi) is 7.11. The van der Waals surface area contributed by atoms with Gasteiger partial charge in [-0.3, -0.25) is 0 Å². The van der Waals surface area contributed by atoms with E-state index in [9.17, 15) is 0 Å². The Morgan fingerprint density at radius 3 is 2.50 bits per heavy atom. The van der Waals surface area contributed by atoms with Gasteiger partial charge in [0.05, 0.1) is 0 Å². The Morgan fingerprint density at radius 1 is 1.42 bits per heavy atom. The lowest BCUT2D eigenvalue weighted by Gasteiger charge is -2.15.